The van der Waals surface area contributed by atoms with Crippen molar-refractivity contribution in [2.45, 2.75) is 12.8 Å². The molecule has 0 unspecified atom stereocenters. The number of rotatable bonds is 6. The zero-order valence-corrected chi connectivity index (χ0v) is 11.8. The minimum atomic E-state index is -1.03. The van der Waals surface area contributed by atoms with E-state index in [1.807, 2.05) is 0 Å². The van der Waals surface area contributed by atoms with Gasteiger partial charge in [-0.15, -0.1) is 0 Å². The van der Waals surface area contributed by atoms with Crippen LogP contribution >= 0.6 is 15.9 Å². The molecule has 19 heavy (non-hydrogen) atoms. The van der Waals surface area contributed by atoms with Gasteiger partial charge in [-0.05, 0) is 52.9 Å². The molecule has 0 spiro atoms. The first kappa shape index (κ1) is 13.9. The van der Waals surface area contributed by atoms with Crippen molar-refractivity contribution >= 4 is 27.8 Å². The molecule has 6 heteroatoms. The predicted molar refractivity (Wildman–Crippen MR) is 72.3 cm³/mol. The summed E-state index contributed by atoms with van der Waals surface area (Å²) >= 11 is 3.25. The molecule has 1 saturated carbocycles. The molecular weight excluding hydrogens is 314 g/mol. The molecule has 2 N–H and O–H groups in total. The number of aromatic carboxylic acids is 1. The van der Waals surface area contributed by atoms with Crippen molar-refractivity contribution in [1.29, 1.82) is 0 Å². The van der Waals surface area contributed by atoms with Gasteiger partial charge in [-0.2, -0.15) is 0 Å². The third-order valence-corrected chi connectivity index (χ3v) is 3.48. The number of nitrogens with one attached hydrogen (secondary N) is 1. The van der Waals surface area contributed by atoms with Crippen LogP contribution in [0.2, 0.25) is 0 Å². The Morgan fingerprint density at radius 3 is 2.79 bits per heavy atom. The smallest absolute Gasteiger partial charge is 0.335 e. The van der Waals surface area contributed by atoms with Crippen LogP contribution < -0.4 is 10.1 Å². The van der Waals surface area contributed by atoms with E-state index in [4.69, 9.17) is 9.84 Å². The molecule has 0 atom stereocenters. The summed E-state index contributed by atoms with van der Waals surface area (Å²) in [5.41, 5.74) is 0.122. The molecule has 0 saturated heterocycles. The molecule has 0 aromatic heterocycles. The number of benzene rings is 1. The molecule has 0 bridgehead atoms. The fourth-order valence-electron chi connectivity index (χ4n) is 1.52. The average molecular weight is 328 g/mol. The minimum Gasteiger partial charge on any atom is -0.483 e. The van der Waals surface area contributed by atoms with Gasteiger partial charge < -0.3 is 15.2 Å². The zero-order chi connectivity index (χ0) is 13.8. The quantitative estimate of drug-likeness (QED) is 0.838. The standard InChI is InChI=1S/C13H14BrNO4/c14-10-4-3-9(13(17)18)5-11(10)19-7-12(16)15-6-8-1-2-8/h3-5,8H,1-2,6-7H2,(H,15,16)(H,17,18). The molecule has 5 nitrogen and oxygen atoms in total. The second-order valence-electron chi connectivity index (χ2n) is 4.49. The summed E-state index contributed by atoms with van der Waals surface area (Å²) in [6.45, 7) is 0.576. The predicted octanol–water partition coefficient (Wildman–Crippen LogP) is 2.05. The molecule has 1 amide bonds. The van der Waals surface area contributed by atoms with E-state index >= 15 is 0 Å². The number of carboxylic acids is 1. The van der Waals surface area contributed by atoms with Crippen LogP contribution in [0, 0.1) is 5.92 Å². The fourth-order valence-corrected chi connectivity index (χ4v) is 1.88. The van der Waals surface area contributed by atoms with Crippen molar-refractivity contribution in [3.63, 3.8) is 0 Å². The van der Waals surface area contributed by atoms with Gasteiger partial charge in [0, 0.05) is 6.54 Å². The van der Waals surface area contributed by atoms with Crippen molar-refractivity contribution < 1.29 is 19.4 Å². The average Bonchev–Trinajstić information content (AvgIpc) is 3.19. The molecule has 1 aromatic rings. The molecule has 1 aliphatic rings. The summed E-state index contributed by atoms with van der Waals surface area (Å²) in [4.78, 5) is 22.3. The molecule has 102 valence electrons. The van der Waals surface area contributed by atoms with Gasteiger partial charge in [0.15, 0.2) is 6.61 Å². The monoisotopic (exact) mass is 327 g/mol. The Morgan fingerprint density at radius 1 is 1.42 bits per heavy atom. The summed E-state index contributed by atoms with van der Waals surface area (Å²) in [6.07, 6.45) is 2.35. The largest absolute Gasteiger partial charge is 0.483 e. The number of hydrogen-bond donors (Lipinski definition) is 2. The Bertz CT molecular complexity index is 499. The third-order valence-electron chi connectivity index (χ3n) is 2.82. The van der Waals surface area contributed by atoms with E-state index in [1.54, 1.807) is 6.07 Å². The van der Waals surface area contributed by atoms with Gasteiger partial charge in [0.05, 0.1) is 10.0 Å². The number of carbonyl (C=O) groups is 2. The Kier molecular flexibility index (Phi) is 4.42. The summed E-state index contributed by atoms with van der Waals surface area (Å²) in [5.74, 6) is -0.262. The highest BCUT2D eigenvalue weighted by molar-refractivity contribution is 9.10. The van der Waals surface area contributed by atoms with E-state index < -0.39 is 5.97 Å². The lowest BCUT2D eigenvalue weighted by Gasteiger charge is -2.09. The lowest BCUT2D eigenvalue weighted by Crippen LogP contribution is -2.30. The van der Waals surface area contributed by atoms with E-state index in [9.17, 15) is 9.59 Å². The molecule has 0 radical (unpaired) electrons. The highest BCUT2D eigenvalue weighted by Crippen LogP contribution is 2.28. The maximum Gasteiger partial charge on any atom is 0.335 e. The SMILES string of the molecule is O=C(COc1cc(C(=O)O)ccc1Br)NCC1CC1. The lowest BCUT2D eigenvalue weighted by molar-refractivity contribution is -0.123. The summed E-state index contributed by atoms with van der Waals surface area (Å²) < 4.78 is 5.94. The topological polar surface area (TPSA) is 75.6 Å². The van der Waals surface area contributed by atoms with Gasteiger partial charge in [-0.3, -0.25) is 4.79 Å². The van der Waals surface area contributed by atoms with E-state index in [0.717, 1.165) is 0 Å². The fraction of sp³-hybridized carbons (Fsp3) is 0.385. The van der Waals surface area contributed by atoms with Crippen LogP contribution in [0.1, 0.15) is 23.2 Å². The molecule has 1 fully saturated rings. The Balaban J connectivity index is 1.88. The lowest BCUT2D eigenvalue weighted by atomic mass is 10.2. The maximum atomic E-state index is 11.5. The van der Waals surface area contributed by atoms with Crippen molar-refractivity contribution in [3.05, 3.63) is 28.2 Å². The first-order valence-electron chi connectivity index (χ1n) is 5.98. The molecule has 2 rings (SSSR count). The van der Waals surface area contributed by atoms with Crippen LogP contribution in [0.4, 0.5) is 0 Å². The number of ether oxygens (including phenoxy) is 1. The van der Waals surface area contributed by atoms with Crippen LogP contribution in [0.5, 0.6) is 5.75 Å². The van der Waals surface area contributed by atoms with Crippen molar-refractivity contribution in [2.24, 2.45) is 5.92 Å². The van der Waals surface area contributed by atoms with Crippen molar-refractivity contribution in [2.75, 3.05) is 13.2 Å². The van der Waals surface area contributed by atoms with Gasteiger partial charge in [0.2, 0.25) is 0 Å². The van der Waals surface area contributed by atoms with Gasteiger partial charge in [-0.1, -0.05) is 0 Å². The Labute approximate surface area is 119 Å². The van der Waals surface area contributed by atoms with Gasteiger partial charge in [0.1, 0.15) is 5.75 Å². The molecule has 1 aromatic carbocycles. The van der Waals surface area contributed by atoms with Crippen molar-refractivity contribution in [3.8, 4) is 5.75 Å². The van der Waals surface area contributed by atoms with Gasteiger partial charge >= 0.3 is 5.97 Å². The zero-order valence-electron chi connectivity index (χ0n) is 10.2. The molecule has 1 aliphatic carbocycles. The van der Waals surface area contributed by atoms with Gasteiger partial charge in [-0.25, -0.2) is 4.79 Å². The van der Waals surface area contributed by atoms with E-state index in [-0.39, 0.29) is 18.1 Å². The second kappa shape index (κ2) is 6.06. The molecule has 0 aliphatic heterocycles. The van der Waals surface area contributed by atoms with E-state index in [1.165, 1.54) is 25.0 Å². The minimum absolute atomic E-state index is 0.117. The summed E-state index contributed by atoms with van der Waals surface area (Å²) in [7, 11) is 0. The number of carboxylic acid groups (broad SMARTS) is 1. The molecule has 0 heterocycles. The van der Waals surface area contributed by atoms with E-state index in [2.05, 4.69) is 21.2 Å². The summed E-state index contributed by atoms with van der Waals surface area (Å²) in [5, 5.41) is 11.7. The van der Waals surface area contributed by atoms with Crippen LogP contribution in [0.3, 0.4) is 0 Å². The number of hydrogen-bond acceptors (Lipinski definition) is 3. The van der Waals surface area contributed by atoms with Gasteiger partial charge in [0.25, 0.3) is 5.91 Å². The van der Waals surface area contributed by atoms with E-state index in [0.29, 0.717) is 22.7 Å². The van der Waals surface area contributed by atoms with Crippen LogP contribution in [-0.4, -0.2) is 30.1 Å². The van der Waals surface area contributed by atoms with Crippen molar-refractivity contribution in [1.82, 2.24) is 5.32 Å². The first-order valence-corrected chi connectivity index (χ1v) is 6.78. The highest BCUT2D eigenvalue weighted by Gasteiger charge is 2.21. The van der Waals surface area contributed by atoms with Crippen LogP contribution in [0.15, 0.2) is 22.7 Å². The van der Waals surface area contributed by atoms with Crippen LogP contribution in [-0.2, 0) is 4.79 Å². The highest BCUT2D eigenvalue weighted by atomic mass is 79.9. The Hall–Kier alpha value is -1.56. The molecular formula is C13H14BrNO4. The Morgan fingerprint density at radius 2 is 2.16 bits per heavy atom. The third kappa shape index (κ3) is 4.24. The van der Waals surface area contributed by atoms with Crippen LogP contribution in [0.25, 0.3) is 0 Å². The number of halogens is 1. The maximum absolute atomic E-state index is 11.5. The first-order chi connectivity index (χ1) is 9.06. The number of carbonyl (C=O) groups excluding carboxylic acids is 1. The number of amides is 1. The second-order valence-corrected chi connectivity index (χ2v) is 5.34. The summed E-state index contributed by atoms with van der Waals surface area (Å²) in [6, 6.07) is 4.44. The normalized spacial score (nSPS) is 13.9.